The summed E-state index contributed by atoms with van der Waals surface area (Å²) in [7, 11) is 0. The van der Waals surface area contributed by atoms with E-state index >= 15 is 0 Å². The van der Waals surface area contributed by atoms with Crippen molar-refractivity contribution in [1.29, 1.82) is 0 Å². The van der Waals surface area contributed by atoms with Gasteiger partial charge in [0.15, 0.2) is 0 Å². The summed E-state index contributed by atoms with van der Waals surface area (Å²) in [4.78, 5) is 44.3. The standard InChI is InChI=1S/C25H26N4O3/c1-3-12-26-23(30)14(2)27-24(31)20-13-18-15-8-6-7-11-19(15)28-21(18)22-16-9-4-5-10-17(16)25(32)29(20)22/h4-11,14,20,22,28H,3,12-13H2,1-2H3,(H,26,30)(H,27,31)/t14-,20-,22+/m0/s1. The Balaban J connectivity index is 1.54. The van der Waals surface area contributed by atoms with Crippen LogP contribution in [0.5, 0.6) is 0 Å². The van der Waals surface area contributed by atoms with Crippen molar-refractivity contribution in [3.8, 4) is 0 Å². The van der Waals surface area contributed by atoms with Gasteiger partial charge in [0.1, 0.15) is 12.1 Å². The minimum absolute atomic E-state index is 0.154. The van der Waals surface area contributed by atoms with E-state index in [1.54, 1.807) is 11.8 Å². The van der Waals surface area contributed by atoms with E-state index in [1.807, 2.05) is 55.5 Å². The van der Waals surface area contributed by atoms with Gasteiger partial charge in [0.05, 0.1) is 6.04 Å². The first-order chi connectivity index (χ1) is 15.5. The van der Waals surface area contributed by atoms with Gasteiger partial charge in [-0.15, -0.1) is 0 Å². The van der Waals surface area contributed by atoms with Crippen LogP contribution in [0.4, 0.5) is 0 Å². The van der Waals surface area contributed by atoms with Gasteiger partial charge in [-0.3, -0.25) is 14.4 Å². The third-order valence-corrected chi connectivity index (χ3v) is 6.46. The van der Waals surface area contributed by atoms with Crippen LogP contribution >= 0.6 is 0 Å². The van der Waals surface area contributed by atoms with Gasteiger partial charge >= 0.3 is 0 Å². The van der Waals surface area contributed by atoms with Gasteiger partial charge in [0, 0.05) is 35.1 Å². The zero-order valence-electron chi connectivity index (χ0n) is 18.1. The lowest BCUT2D eigenvalue weighted by atomic mass is 9.90. The van der Waals surface area contributed by atoms with Crippen LogP contribution in [0.15, 0.2) is 48.5 Å². The fourth-order valence-corrected chi connectivity index (χ4v) is 4.91. The molecule has 0 saturated heterocycles. The quantitative estimate of drug-likeness (QED) is 0.581. The predicted molar refractivity (Wildman–Crippen MR) is 121 cm³/mol. The number of fused-ring (bicyclic) bond motifs is 7. The Kier molecular flexibility index (Phi) is 4.96. The number of carbonyl (C=O) groups excluding carboxylic acids is 3. The number of aromatic nitrogens is 1. The summed E-state index contributed by atoms with van der Waals surface area (Å²) < 4.78 is 0. The van der Waals surface area contributed by atoms with Crippen LogP contribution in [0.1, 0.15) is 53.5 Å². The number of aromatic amines is 1. The van der Waals surface area contributed by atoms with Gasteiger partial charge in [0.25, 0.3) is 5.91 Å². The number of amides is 3. The maximum atomic E-state index is 13.4. The molecule has 0 aliphatic carbocycles. The van der Waals surface area contributed by atoms with Crippen LogP contribution in [0, 0.1) is 0 Å². The van der Waals surface area contributed by atoms with Crippen molar-refractivity contribution in [2.45, 2.75) is 44.8 Å². The first kappa shape index (κ1) is 20.3. The molecular weight excluding hydrogens is 404 g/mol. The van der Waals surface area contributed by atoms with Crippen molar-refractivity contribution >= 4 is 28.6 Å². The first-order valence-corrected chi connectivity index (χ1v) is 11.1. The summed E-state index contributed by atoms with van der Waals surface area (Å²) in [6.07, 6.45) is 1.21. The third kappa shape index (κ3) is 3.07. The van der Waals surface area contributed by atoms with Crippen molar-refractivity contribution < 1.29 is 14.4 Å². The monoisotopic (exact) mass is 430 g/mol. The molecule has 1 aromatic heterocycles. The number of benzene rings is 2. The van der Waals surface area contributed by atoms with Crippen molar-refractivity contribution in [1.82, 2.24) is 20.5 Å². The van der Waals surface area contributed by atoms with E-state index in [0.29, 0.717) is 18.5 Å². The highest BCUT2D eigenvalue weighted by Crippen LogP contribution is 2.46. The van der Waals surface area contributed by atoms with Gasteiger partial charge in [-0.1, -0.05) is 43.3 Å². The van der Waals surface area contributed by atoms with Crippen LogP contribution in [-0.2, 0) is 16.0 Å². The Labute approximate surface area is 186 Å². The lowest BCUT2D eigenvalue weighted by Gasteiger charge is -2.37. The molecule has 3 atom stereocenters. The molecule has 5 rings (SSSR count). The number of carbonyl (C=O) groups is 3. The largest absolute Gasteiger partial charge is 0.356 e. The fourth-order valence-electron chi connectivity index (χ4n) is 4.91. The van der Waals surface area contributed by atoms with E-state index in [2.05, 4.69) is 15.6 Å². The van der Waals surface area contributed by atoms with Gasteiger partial charge in [-0.25, -0.2) is 0 Å². The Morgan fingerprint density at radius 1 is 1.16 bits per heavy atom. The molecule has 3 heterocycles. The summed E-state index contributed by atoms with van der Waals surface area (Å²) in [6.45, 7) is 4.20. The number of H-pyrrole nitrogens is 1. The van der Waals surface area contributed by atoms with Crippen LogP contribution in [0.2, 0.25) is 0 Å². The zero-order valence-corrected chi connectivity index (χ0v) is 18.1. The van der Waals surface area contributed by atoms with E-state index in [9.17, 15) is 14.4 Å². The summed E-state index contributed by atoms with van der Waals surface area (Å²) >= 11 is 0. The Morgan fingerprint density at radius 2 is 1.91 bits per heavy atom. The van der Waals surface area contributed by atoms with E-state index < -0.39 is 12.1 Å². The second-order valence-electron chi connectivity index (χ2n) is 8.51. The van der Waals surface area contributed by atoms with Crippen LogP contribution in [0.3, 0.4) is 0 Å². The van der Waals surface area contributed by atoms with E-state index in [0.717, 1.165) is 34.1 Å². The topological polar surface area (TPSA) is 94.3 Å². The van der Waals surface area contributed by atoms with Crippen molar-refractivity contribution in [2.75, 3.05) is 6.54 Å². The van der Waals surface area contributed by atoms with E-state index in [1.165, 1.54) is 0 Å². The number of hydrogen-bond acceptors (Lipinski definition) is 3. The second kappa shape index (κ2) is 7.82. The summed E-state index contributed by atoms with van der Waals surface area (Å²) in [6, 6.07) is 13.8. The molecule has 3 aromatic rings. The molecule has 32 heavy (non-hydrogen) atoms. The summed E-state index contributed by atoms with van der Waals surface area (Å²) in [5, 5.41) is 6.70. The lowest BCUT2D eigenvalue weighted by molar-refractivity contribution is -0.131. The molecule has 0 bridgehead atoms. The van der Waals surface area contributed by atoms with Crippen LogP contribution < -0.4 is 10.6 Å². The van der Waals surface area contributed by atoms with Gasteiger partial charge in [0.2, 0.25) is 11.8 Å². The molecule has 0 unspecified atom stereocenters. The molecule has 2 aliphatic heterocycles. The summed E-state index contributed by atoms with van der Waals surface area (Å²) in [5.41, 5.74) is 4.52. The van der Waals surface area contributed by atoms with Gasteiger partial charge < -0.3 is 20.5 Å². The van der Waals surface area contributed by atoms with Crippen molar-refractivity contribution in [3.05, 3.63) is 70.9 Å². The molecule has 3 amide bonds. The molecule has 2 aromatic carbocycles. The Hall–Kier alpha value is -3.61. The highest BCUT2D eigenvalue weighted by molar-refractivity contribution is 6.04. The van der Waals surface area contributed by atoms with E-state index in [-0.39, 0.29) is 23.8 Å². The first-order valence-electron chi connectivity index (χ1n) is 11.1. The van der Waals surface area contributed by atoms with Gasteiger partial charge in [-0.2, -0.15) is 0 Å². The molecule has 7 heteroatoms. The molecule has 0 radical (unpaired) electrons. The van der Waals surface area contributed by atoms with Crippen LogP contribution in [0.25, 0.3) is 10.9 Å². The van der Waals surface area contributed by atoms with Crippen LogP contribution in [-0.4, -0.2) is 46.2 Å². The highest BCUT2D eigenvalue weighted by Gasteiger charge is 2.49. The fraction of sp³-hybridized carbons (Fsp3) is 0.320. The predicted octanol–water partition coefficient (Wildman–Crippen LogP) is 2.67. The van der Waals surface area contributed by atoms with Gasteiger partial charge in [-0.05, 0) is 36.6 Å². The number of nitrogens with one attached hydrogen (secondary N) is 3. The number of hydrogen-bond donors (Lipinski definition) is 3. The Bertz CT molecular complexity index is 1230. The minimum atomic E-state index is -0.701. The van der Waals surface area contributed by atoms with Crippen molar-refractivity contribution in [3.63, 3.8) is 0 Å². The Morgan fingerprint density at radius 3 is 2.72 bits per heavy atom. The van der Waals surface area contributed by atoms with E-state index in [4.69, 9.17) is 0 Å². The summed E-state index contributed by atoms with van der Waals surface area (Å²) in [5.74, 6) is -0.694. The number of para-hydroxylation sites is 1. The maximum absolute atomic E-state index is 13.4. The number of rotatable bonds is 5. The molecule has 0 fully saturated rings. The molecule has 0 saturated carbocycles. The molecular formula is C25H26N4O3. The average molecular weight is 431 g/mol. The minimum Gasteiger partial charge on any atom is -0.356 e. The second-order valence-corrected chi connectivity index (χ2v) is 8.51. The molecule has 2 aliphatic rings. The third-order valence-electron chi connectivity index (χ3n) is 6.46. The zero-order chi connectivity index (χ0) is 22.4. The number of nitrogens with zero attached hydrogens (tertiary/aromatic N) is 1. The molecule has 164 valence electrons. The van der Waals surface area contributed by atoms with Crippen molar-refractivity contribution in [2.24, 2.45) is 0 Å². The lowest BCUT2D eigenvalue weighted by Crippen LogP contribution is -2.55. The highest BCUT2D eigenvalue weighted by atomic mass is 16.2. The molecule has 7 nitrogen and oxygen atoms in total. The smallest absolute Gasteiger partial charge is 0.255 e. The normalized spacial score (nSPS) is 19.8. The molecule has 0 spiro atoms. The maximum Gasteiger partial charge on any atom is 0.255 e. The molecule has 3 N–H and O–H groups in total. The average Bonchev–Trinajstić information content (AvgIpc) is 3.32. The SMILES string of the molecule is CCCNC(=O)[C@H](C)NC(=O)[C@@H]1Cc2c([nH]c3ccccc23)[C@H]2c3ccccc3C(=O)N21.